The molecule has 2 aliphatic heterocycles. The Labute approximate surface area is 160 Å². The lowest BCUT2D eigenvalue weighted by molar-refractivity contribution is 0.0983. The molecule has 0 aromatic rings. The summed E-state index contributed by atoms with van der Waals surface area (Å²) in [6, 6.07) is 0. The summed E-state index contributed by atoms with van der Waals surface area (Å²) in [6.07, 6.45) is 15.3. The molecule has 3 nitrogen and oxygen atoms in total. The highest BCUT2D eigenvalue weighted by atomic mass is 15.2. The van der Waals surface area contributed by atoms with Crippen LogP contribution in [0.5, 0.6) is 0 Å². The number of rotatable bonds is 4. The molecule has 1 N–H and O–H groups in total. The first-order valence-corrected chi connectivity index (χ1v) is 11.1. The molecular formula is C23H37N3. The molecule has 26 heavy (non-hydrogen) atoms. The van der Waals surface area contributed by atoms with Gasteiger partial charge in [0.1, 0.15) is 11.7 Å². The van der Waals surface area contributed by atoms with E-state index < -0.39 is 0 Å². The van der Waals surface area contributed by atoms with Gasteiger partial charge < -0.3 is 10.2 Å². The van der Waals surface area contributed by atoms with Crippen LogP contribution in [0, 0.1) is 29.6 Å². The fourth-order valence-corrected chi connectivity index (χ4v) is 6.46. The lowest BCUT2D eigenvalue weighted by atomic mass is 9.66. The quantitative estimate of drug-likeness (QED) is 0.739. The van der Waals surface area contributed by atoms with E-state index in [4.69, 9.17) is 0 Å². The summed E-state index contributed by atoms with van der Waals surface area (Å²) >= 11 is 0. The number of likely N-dealkylation sites (tertiary alicyclic amines) is 1. The first-order valence-electron chi connectivity index (χ1n) is 11.1. The van der Waals surface area contributed by atoms with Gasteiger partial charge in [0.05, 0.1) is 0 Å². The highest BCUT2D eigenvalue weighted by Gasteiger charge is 2.40. The molecule has 1 saturated heterocycles. The topological polar surface area (TPSA) is 27.6 Å². The molecule has 0 aromatic heterocycles. The zero-order valence-corrected chi connectivity index (χ0v) is 16.8. The van der Waals surface area contributed by atoms with Crippen LogP contribution in [0.3, 0.4) is 0 Å². The van der Waals surface area contributed by atoms with E-state index in [1.807, 2.05) is 6.92 Å². The maximum atomic E-state index is 4.69. The summed E-state index contributed by atoms with van der Waals surface area (Å²) in [4.78, 5) is 7.15. The van der Waals surface area contributed by atoms with Crippen molar-refractivity contribution in [2.45, 2.75) is 71.6 Å². The van der Waals surface area contributed by atoms with Gasteiger partial charge in [-0.1, -0.05) is 32.8 Å². The van der Waals surface area contributed by atoms with E-state index in [0.717, 1.165) is 60.0 Å². The number of aliphatic imine (C=N–C) groups is 1. The number of fused-ring (bicyclic) bond motifs is 1. The lowest BCUT2D eigenvalue weighted by Crippen LogP contribution is -2.36. The van der Waals surface area contributed by atoms with Gasteiger partial charge in [-0.3, -0.25) is 0 Å². The first kappa shape index (κ1) is 18.1. The molecule has 2 saturated carbocycles. The average Bonchev–Trinajstić information content (AvgIpc) is 3.09. The standard InChI is InChI=1S/C23H37N3/c1-4-20-14-19(15-21-6-5-7-22(20)21)13-18-8-10-26(11-9-18)23-12-16(2)24-17(3)25-23/h12,18-22H,2,4-11,13-15H2,1,3H3,(H,24,25). The van der Waals surface area contributed by atoms with Crippen molar-refractivity contribution in [2.75, 3.05) is 13.1 Å². The summed E-state index contributed by atoms with van der Waals surface area (Å²) in [7, 11) is 0. The molecule has 0 spiro atoms. The Balaban J connectivity index is 1.29. The third kappa shape index (κ3) is 3.87. The second-order valence-corrected chi connectivity index (χ2v) is 9.38. The highest BCUT2D eigenvalue weighted by molar-refractivity contribution is 5.83. The molecular weight excluding hydrogens is 318 g/mol. The second-order valence-electron chi connectivity index (χ2n) is 9.38. The van der Waals surface area contributed by atoms with Crippen LogP contribution in [0.25, 0.3) is 0 Å². The van der Waals surface area contributed by atoms with Crippen molar-refractivity contribution in [3.8, 4) is 0 Å². The van der Waals surface area contributed by atoms with Crippen molar-refractivity contribution >= 4 is 5.84 Å². The van der Waals surface area contributed by atoms with E-state index in [9.17, 15) is 0 Å². The number of nitrogens with zero attached hydrogens (tertiary/aromatic N) is 2. The average molecular weight is 356 g/mol. The second kappa shape index (κ2) is 7.78. The van der Waals surface area contributed by atoms with Crippen molar-refractivity contribution in [1.82, 2.24) is 10.2 Å². The van der Waals surface area contributed by atoms with Crippen LogP contribution in [0.4, 0.5) is 0 Å². The minimum absolute atomic E-state index is 0.933. The molecule has 2 heterocycles. The van der Waals surface area contributed by atoms with E-state index in [-0.39, 0.29) is 0 Å². The van der Waals surface area contributed by atoms with Gasteiger partial charge in [-0.2, -0.15) is 0 Å². The Morgan fingerprint density at radius 2 is 1.96 bits per heavy atom. The van der Waals surface area contributed by atoms with Crippen molar-refractivity contribution in [1.29, 1.82) is 0 Å². The van der Waals surface area contributed by atoms with E-state index in [1.54, 1.807) is 6.42 Å². The Bertz CT molecular complexity index is 582. The normalized spacial score (nSPS) is 35.6. The highest BCUT2D eigenvalue weighted by Crippen LogP contribution is 2.50. The molecule has 0 aromatic carbocycles. The molecule has 3 fully saturated rings. The Kier molecular flexibility index (Phi) is 5.42. The van der Waals surface area contributed by atoms with Gasteiger partial charge in [-0.25, -0.2) is 4.99 Å². The zero-order chi connectivity index (χ0) is 18.1. The third-order valence-electron chi connectivity index (χ3n) is 7.65. The molecule has 0 radical (unpaired) electrons. The van der Waals surface area contributed by atoms with Crippen LogP contribution in [-0.4, -0.2) is 23.8 Å². The zero-order valence-electron chi connectivity index (χ0n) is 16.8. The molecule has 4 rings (SSSR count). The Morgan fingerprint density at radius 1 is 1.15 bits per heavy atom. The van der Waals surface area contributed by atoms with E-state index in [0.29, 0.717) is 0 Å². The van der Waals surface area contributed by atoms with Crippen LogP contribution < -0.4 is 5.32 Å². The Hall–Kier alpha value is -1.25. The number of amidine groups is 1. The number of hydrogen-bond acceptors (Lipinski definition) is 3. The van der Waals surface area contributed by atoms with Crippen LogP contribution in [0.1, 0.15) is 71.6 Å². The number of piperidine rings is 1. The summed E-state index contributed by atoms with van der Waals surface area (Å²) in [6.45, 7) is 10.8. The summed E-state index contributed by atoms with van der Waals surface area (Å²) < 4.78 is 0. The number of nitrogens with one attached hydrogen (secondary N) is 1. The van der Waals surface area contributed by atoms with Crippen molar-refractivity contribution < 1.29 is 0 Å². The van der Waals surface area contributed by atoms with Gasteiger partial charge in [-0.15, -0.1) is 0 Å². The maximum absolute atomic E-state index is 4.69. The van der Waals surface area contributed by atoms with Gasteiger partial charge in [-0.05, 0) is 75.0 Å². The summed E-state index contributed by atoms with van der Waals surface area (Å²) in [5, 5.41) is 3.19. The van der Waals surface area contributed by atoms with E-state index in [2.05, 4.69) is 34.8 Å². The van der Waals surface area contributed by atoms with Crippen LogP contribution in [0.15, 0.2) is 29.2 Å². The van der Waals surface area contributed by atoms with Gasteiger partial charge in [0, 0.05) is 24.9 Å². The van der Waals surface area contributed by atoms with Gasteiger partial charge in [0.2, 0.25) is 0 Å². The first-order chi connectivity index (χ1) is 12.6. The van der Waals surface area contributed by atoms with Crippen LogP contribution in [-0.2, 0) is 0 Å². The fourth-order valence-electron chi connectivity index (χ4n) is 6.46. The summed E-state index contributed by atoms with van der Waals surface area (Å²) in [5.41, 5.74) is 0.966. The third-order valence-corrected chi connectivity index (χ3v) is 7.65. The molecule has 2 aliphatic carbocycles. The Morgan fingerprint density at radius 3 is 2.69 bits per heavy atom. The molecule has 4 unspecified atom stereocenters. The van der Waals surface area contributed by atoms with Crippen LogP contribution >= 0.6 is 0 Å². The molecule has 0 amide bonds. The number of hydrogen-bond donors (Lipinski definition) is 1. The molecule has 0 bridgehead atoms. The fraction of sp³-hybridized carbons (Fsp3) is 0.783. The largest absolute Gasteiger partial charge is 0.356 e. The molecule has 3 heteroatoms. The van der Waals surface area contributed by atoms with E-state index in [1.165, 1.54) is 51.4 Å². The predicted octanol–water partition coefficient (Wildman–Crippen LogP) is 5.32. The maximum Gasteiger partial charge on any atom is 0.132 e. The van der Waals surface area contributed by atoms with Crippen LogP contribution in [0.2, 0.25) is 0 Å². The molecule has 4 atom stereocenters. The predicted molar refractivity (Wildman–Crippen MR) is 110 cm³/mol. The van der Waals surface area contributed by atoms with Gasteiger partial charge in [0.15, 0.2) is 0 Å². The lowest BCUT2D eigenvalue weighted by Gasteiger charge is -2.41. The van der Waals surface area contributed by atoms with Crippen molar-refractivity contribution in [3.05, 3.63) is 24.2 Å². The SMILES string of the molecule is C=C1C=C(N2CCC(CC3CC(CC)C4CCCC4C3)CC2)N=C(C)N1. The number of allylic oxidation sites excluding steroid dienone is 1. The smallest absolute Gasteiger partial charge is 0.132 e. The molecule has 144 valence electrons. The minimum atomic E-state index is 0.933. The monoisotopic (exact) mass is 355 g/mol. The minimum Gasteiger partial charge on any atom is -0.356 e. The van der Waals surface area contributed by atoms with E-state index >= 15 is 0 Å². The van der Waals surface area contributed by atoms with Gasteiger partial charge in [0.25, 0.3) is 0 Å². The summed E-state index contributed by atoms with van der Waals surface area (Å²) in [5.74, 6) is 7.21. The van der Waals surface area contributed by atoms with Gasteiger partial charge >= 0.3 is 0 Å². The van der Waals surface area contributed by atoms with Crippen molar-refractivity contribution in [3.63, 3.8) is 0 Å². The van der Waals surface area contributed by atoms with Crippen molar-refractivity contribution in [2.24, 2.45) is 34.6 Å². The molecule has 4 aliphatic rings.